The molecule has 3 rings (SSSR count). The second-order valence-corrected chi connectivity index (χ2v) is 6.95. The first-order valence-corrected chi connectivity index (χ1v) is 9.73. The number of amides is 1. The third-order valence-electron chi connectivity index (χ3n) is 4.98. The maximum Gasteiger partial charge on any atom is 0.257 e. The van der Waals surface area contributed by atoms with Crippen LogP contribution in [0.15, 0.2) is 47.5 Å². The molecule has 1 amide bonds. The number of carbonyl (C=O) groups is 1. The van der Waals surface area contributed by atoms with Gasteiger partial charge in [0.1, 0.15) is 5.75 Å². The van der Waals surface area contributed by atoms with Crippen LogP contribution in [-0.2, 0) is 0 Å². The van der Waals surface area contributed by atoms with Crippen molar-refractivity contribution in [2.24, 2.45) is 4.99 Å². The lowest BCUT2D eigenvalue weighted by Crippen LogP contribution is -2.52. The Kier molecular flexibility index (Phi) is 7.13. The minimum atomic E-state index is -0.226. The Bertz CT molecular complexity index is 891. The predicted molar refractivity (Wildman–Crippen MR) is 116 cm³/mol. The number of aliphatic imine (C=N–C) groups is 1. The fourth-order valence-electron chi connectivity index (χ4n) is 3.13. The molecule has 2 aromatic rings. The highest BCUT2D eigenvalue weighted by Crippen LogP contribution is 2.31. The average Bonchev–Trinajstić information content (AvgIpc) is 2.79. The highest BCUT2D eigenvalue weighted by atomic mass is 16.5. The quantitative estimate of drug-likeness (QED) is 0.600. The lowest BCUT2D eigenvalue weighted by atomic mass is 10.2. The highest BCUT2D eigenvalue weighted by molar-refractivity contribution is 6.06. The Morgan fingerprint density at radius 2 is 1.57 bits per heavy atom. The number of guanidine groups is 1. The number of nitrogens with one attached hydrogen (secondary N) is 1. The largest absolute Gasteiger partial charge is 0.497 e. The van der Waals surface area contributed by atoms with Crippen molar-refractivity contribution in [3.63, 3.8) is 0 Å². The molecule has 1 heterocycles. The summed E-state index contributed by atoms with van der Waals surface area (Å²) in [7, 11) is 6.85. The molecule has 30 heavy (non-hydrogen) atoms. The molecular formula is C22H28N4O4. The van der Waals surface area contributed by atoms with Crippen LogP contribution in [0.2, 0.25) is 0 Å². The van der Waals surface area contributed by atoms with E-state index in [0.717, 1.165) is 26.2 Å². The summed E-state index contributed by atoms with van der Waals surface area (Å²) in [6, 6.07) is 12.4. The molecule has 8 heteroatoms. The smallest absolute Gasteiger partial charge is 0.257 e. The number of ether oxygens (including phenoxy) is 3. The Hall–Kier alpha value is -3.26. The average molecular weight is 412 g/mol. The third kappa shape index (κ3) is 5.21. The van der Waals surface area contributed by atoms with E-state index in [4.69, 9.17) is 19.2 Å². The van der Waals surface area contributed by atoms with E-state index in [-0.39, 0.29) is 5.91 Å². The summed E-state index contributed by atoms with van der Waals surface area (Å²) in [5.74, 6) is 2.19. The SMILES string of the molecule is COc1ccc(C(=O)NC(=Nc2ccc(OC)c(OC)c2)N2CCN(C)CC2)cc1. The summed E-state index contributed by atoms with van der Waals surface area (Å²) >= 11 is 0. The number of hydrogen-bond donors (Lipinski definition) is 1. The van der Waals surface area contributed by atoms with Crippen molar-refractivity contribution in [1.29, 1.82) is 0 Å². The Morgan fingerprint density at radius 3 is 2.17 bits per heavy atom. The molecular weight excluding hydrogens is 384 g/mol. The van der Waals surface area contributed by atoms with E-state index in [1.54, 1.807) is 57.7 Å². The van der Waals surface area contributed by atoms with Gasteiger partial charge in [-0.05, 0) is 43.4 Å². The molecule has 1 aliphatic heterocycles. The molecule has 0 aliphatic carbocycles. The number of nitrogens with zero attached hydrogens (tertiary/aromatic N) is 3. The fourth-order valence-corrected chi connectivity index (χ4v) is 3.13. The van der Waals surface area contributed by atoms with E-state index in [9.17, 15) is 4.79 Å². The van der Waals surface area contributed by atoms with E-state index in [1.807, 2.05) is 6.07 Å². The molecule has 0 radical (unpaired) electrons. The minimum Gasteiger partial charge on any atom is -0.497 e. The summed E-state index contributed by atoms with van der Waals surface area (Å²) in [5.41, 5.74) is 1.20. The summed E-state index contributed by atoms with van der Waals surface area (Å²) in [6.45, 7) is 3.32. The first-order valence-electron chi connectivity index (χ1n) is 9.73. The predicted octanol–water partition coefficient (Wildman–Crippen LogP) is 2.38. The van der Waals surface area contributed by atoms with Crippen LogP contribution in [0.5, 0.6) is 17.2 Å². The van der Waals surface area contributed by atoms with Gasteiger partial charge in [-0.1, -0.05) is 0 Å². The van der Waals surface area contributed by atoms with Gasteiger partial charge >= 0.3 is 0 Å². The van der Waals surface area contributed by atoms with E-state index >= 15 is 0 Å². The monoisotopic (exact) mass is 412 g/mol. The van der Waals surface area contributed by atoms with Crippen molar-refractivity contribution < 1.29 is 19.0 Å². The molecule has 0 bridgehead atoms. The molecule has 0 unspecified atom stereocenters. The van der Waals surface area contributed by atoms with Crippen LogP contribution in [0, 0.1) is 0 Å². The van der Waals surface area contributed by atoms with E-state index < -0.39 is 0 Å². The van der Waals surface area contributed by atoms with Crippen LogP contribution in [0.4, 0.5) is 5.69 Å². The lowest BCUT2D eigenvalue weighted by Gasteiger charge is -2.34. The molecule has 160 valence electrons. The van der Waals surface area contributed by atoms with Crippen molar-refractivity contribution in [2.45, 2.75) is 0 Å². The molecule has 0 spiro atoms. The minimum absolute atomic E-state index is 0.226. The highest BCUT2D eigenvalue weighted by Gasteiger charge is 2.20. The van der Waals surface area contributed by atoms with Crippen LogP contribution >= 0.6 is 0 Å². The molecule has 0 atom stereocenters. The maximum absolute atomic E-state index is 12.9. The van der Waals surface area contributed by atoms with Crippen molar-refractivity contribution in [3.05, 3.63) is 48.0 Å². The Labute approximate surface area is 177 Å². The molecule has 2 aromatic carbocycles. The summed E-state index contributed by atoms with van der Waals surface area (Å²) in [4.78, 5) is 21.9. The molecule has 1 saturated heterocycles. The van der Waals surface area contributed by atoms with Crippen molar-refractivity contribution >= 4 is 17.6 Å². The number of methoxy groups -OCH3 is 3. The number of rotatable bonds is 5. The first kappa shape index (κ1) is 21.4. The fraction of sp³-hybridized carbons (Fsp3) is 0.364. The van der Waals surface area contributed by atoms with Gasteiger partial charge < -0.3 is 24.0 Å². The lowest BCUT2D eigenvalue weighted by molar-refractivity contribution is 0.0969. The van der Waals surface area contributed by atoms with Gasteiger partial charge in [-0.15, -0.1) is 0 Å². The summed E-state index contributed by atoms with van der Waals surface area (Å²) < 4.78 is 15.8. The topological polar surface area (TPSA) is 75.6 Å². The van der Waals surface area contributed by atoms with Gasteiger partial charge in [-0.25, -0.2) is 4.99 Å². The third-order valence-corrected chi connectivity index (χ3v) is 4.98. The molecule has 8 nitrogen and oxygen atoms in total. The van der Waals surface area contributed by atoms with E-state index in [1.165, 1.54) is 0 Å². The second kappa shape index (κ2) is 9.98. The molecule has 1 aliphatic rings. The second-order valence-electron chi connectivity index (χ2n) is 6.95. The number of benzene rings is 2. The molecule has 1 fully saturated rings. The molecule has 1 N–H and O–H groups in total. The van der Waals surface area contributed by atoms with Gasteiger partial charge in [0, 0.05) is 37.8 Å². The maximum atomic E-state index is 12.9. The van der Waals surface area contributed by atoms with Crippen molar-refractivity contribution in [2.75, 3.05) is 54.6 Å². The zero-order valence-electron chi connectivity index (χ0n) is 17.8. The van der Waals surface area contributed by atoms with Gasteiger partial charge in [0.05, 0.1) is 27.0 Å². The number of piperazine rings is 1. The van der Waals surface area contributed by atoms with Gasteiger partial charge in [0.2, 0.25) is 5.96 Å². The van der Waals surface area contributed by atoms with Gasteiger partial charge in [-0.2, -0.15) is 0 Å². The van der Waals surface area contributed by atoms with Crippen molar-refractivity contribution in [3.8, 4) is 17.2 Å². The number of hydrogen-bond acceptors (Lipinski definition) is 6. The van der Waals surface area contributed by atoms with Gasteiger partial charge in [-0.3, -0.25) is 10.1 Å². The normalized spacial score (nSPS) is 14.9. The van der Waals surface area contributed by atoms with Gasteiger partial charge in [0.25, 0.3) is 5.91 Å². The van der Waals surface area contributed by atoms with Gasteiger partial charge in [0.15, 0.2) is 11.5 Å². The zero-order valence-corrected chi connectivity index (χ0v) is 17.8. The zero-order chi connectivity index (χ0) is 21.5. The van der Waals surface area contributed by atoms with Crippen LogP contribution in [0.25, 0.3) is 0 Å². The van der Waals surface area contributed by atoms with Crippen LogP contribution in [0.3, 0.4) is 0 Å². The Morgan fingerprint density at radius 1 is 0.900 bits per heavy atom. The molecule has 0 saturated carbocycles. The van der Waals surface area contributed by atoms with E-state index in [2.05, 4.69) is 22.2 Å². The van der Waals surface area contributed by atoms with Crippen LogP contribution < -0.4 is 19.5 Å². The summed E-state index contributed by atoms with van der Waals surface area (Å²) in [5, 5.41) is 2.98. The Balaban J connectivity index is 1.88. The summed E-state index contributed by atoms with van der Waals surface area (Å²) in [6.07, 6.45) is 0. The standard InChI is InChI=1S/C22H28N4O4/c1-25-11-13-26(14-12-25)22(23-17-7-10-19(29-3)20(15-17)30-4)24-21(27)16-5-8-18(28-2)9-6-16/h5-10,15H,11-14H2,1-4H3,(H,23,24,27). The first-order chi connectivity index (χ1) is 14.5. The number of likely N-dealkylation sites (N-methyl/N-ethyl adjacent to an activating group) is 1. The van der Waals surface area contributed by atoms with Crippen molar-refractivity contribution in [1.82, 2.24) is 15.1 Å². The van der Waals surface area contributed by atoms with Crippen LogP contribution in [0.1, 0.15) is 10.4 Å². The molecule has 0 aromatic heterocycles. The van der Waals surface area contributed by atoms with Crippen LogP contribution in [-0.4, -0.2) is 76.2 Å². The number of carbonyl (C=O) groups excluding carboxylic acids is 1. The van der Waals surface area contributed by atoms with E-state index in [0.29, 0.717) is 34.5 Å².